The number of allylic oxidation sites excluding steroid dienone is 2. The molecular weight excluding hydrogens is 434 g/mol. The van der Waals surface area contributed by atoms with E-state index in [9.17, 15) is 57.1 Å². The van der Waals surface area contributed by atoms with Crippen LogP contribution in [0.5, 0.6) is 0 Å². The molecule has 0 heterocycles. The Morgan fingerprint density at radius 2 is 1.41 bits per heavy atom. The lowest BCUT2D eigenvalue weighted by atomic mass is 10.0. The molecule has 0 fully saturated rings. The van der Waals surface area contributed by atoms with Crippen LogP contribution in [0.25, 0.3) is 0 Å². The Morgan fingerprint density at radius 1 is 0.963 bits per heavy atom. The fraction of sp³-hybridized carbons (Fsp3) is 0.500. The lowest BCUT2D eigenvalue weighted by Gasteiger charge is -2.38. The Hall–Kier alpha value is -1.88. The van der Waals surface area contributed by atoms with E-state index in [1.807, 2.05) is 0 Å². The van der Waals surface area contributed by atoms with Crippen LogP contribution in [0, 0.1) is 0 Å². The van der Waals surface area contributed by atoms with Gasteiger partial charge in [0.25, 0.3) is 16.0 Å². The zero-order chi connectivity index (χ0) is 21.8. The van der Waals surface area contributed by atoms with Crippen molar-refractivity contribution >= 4 is 16.0 Å². The number of rotatable bonds is 8. The Morgan fingerprint density at radius 3 is 1.74 bits per heavy atom. The minimum absolute atomic E-state index is 0.00789. The van der Waals surface area contributed by atoms with Gasteiger partial charge in [-0.3, -0.25) is 9.35 Å². The zero-order valence-corrected chi connectivity index (χ0v) is 13.1. The van der Waals surface area contributed by atoms with Crippen molar-refractivity contribution in [3.05, 3.63) is 23.8 Å². The second-order valence-corrected chi connectivity index (χ2v) is 5.64. The summed E-state index contributed by atoms with van der Waals surface area (Å²) < 4.78 is 157. The summed E-state index contributed by atoms with van der Waals surface area (Å²) in [5.41, 5.74) is -6.55. The first-order chi connectivity index (χ1) is 11.9. The standard InChI is InChI=1S/C10H8F10N2O4S/c11-6(12)22(7(13)14)10(19,20)8(15,9(16,17)18)5(23)21-3-1-2-4-27(24,25)26/h1-4,6-7H,(H,21,23)(H,24,25,26)/b3-1+,4-2+. The summed E-state index contributed by atoms with van der Waals surface area (Å²) in [7, 11) is -4.72. The van der Waals surface area contributed by atoms with Crippen LogP contribution in [0.3, 0.4) is 0 Å². The van der Waals surface area contributed by atoms with E-state index in [0.717, 1.165) is 0 Å². The molecule has 0 aromatic rings. The van der Waals surface area contributed by atoms with Gasteiger partial charge in [0.15, 0.2) is 0 Å². The third-order valence-electron chi connectivity index (χ3n) is 2.54. The molecule has 17 heteroatoms. The molecule has 0 aliphatic rings. The van der Waals surface area contributed by atoms with Gasteiger partial charge in [-0.2, -0.15) is 47.9 Å². The topological polar surface area (TPSA) is 86.7 Å². The molecule has 6 nitrogen and oxygen atoms in total. The summed E-state index contributed by atoms with van der Waals surface area (Å²) in [6, 6.07) is -6.75. The summed E-state index contributed by atoms with van der Waals surface area (Å²) in [4.78, 5) is 8.47. The monoisotopic (exact) mass is 442 g/mol. The molecule has 0 aliphatic heterocycles. The van der Waals surface area contributed by atoms with Crippen molar-refractivity contribution in [2.75, 3.05) is 0 Å². The van der Waals surface area contributed by atoms with Gasteiger partial charge in [-0.1, -0.05) is 0 Å². The molecule has 27 heavy (non-hydrogen) atoms. The highest BCUT2D eigenvalue weighted by molar-refractivity contribution is 7.88. The lowest BCUT2D eigenvalue weighted by Crippen LogP contribution is -2.70. The van der Waals surface area contributed by atoms with E-state index >= 15 is 0 Å². The third-order valence-corrected chi connectivity index (χ3v) is 3.04. The van der Waals surface area contributed by atoms with Crippen LogP contribution in [0.2, 0.25) is 0 Å². The Bertz CT molecular complexity index is 683. The molecule has 158 valence electrons. The molecule has 0 saturated heterocycles. The maximum Gasteiger partial charge on any atom is 0.439 e. The molecule has 0 rings (SSSR count). The van der Waals surface area contributed by atoms with Crippen molar-refractivity contribution in [3.8, 4) is 0 Å². The Labute approximate surface area is 143 Å². The average molecular weight is 442 g/mol. The number of hydrogen-bond acceptors (Lipinski definition) is 4. The molecule has 0 saturated carbocycles. The third kappa shape index (κ3) is 5.80. The minimum atomic E-state index is -6.93. The molecule has 1 unspecified atom stereocenters. The van der Waals surface area contributed by atoms with E-state index in [0.29, 0.717) is 17.5 Å². The van der Waals surface area contributed by atoms with Crippen LogP contribution in [0.1, 0.15) is 0 Å². The van der Waals surface area contributed by atoms with Gasteiger partial charge in [-0.15, -0.1) is 4.90 Å². The first-order valence-electron chi connectivity index (χ1n) is 5.99. The fourth-order valence-corrected chi connectivity index (χ4v) is 1.66. The van der Waals surface area contributed by atoms with Gasteiger partial charge < -0.3 is 5.32 Å². The minimum Gasteiger partial charge on any atom is -0.329 e. The van der Waals surface area contributed by atoms with Crippen LogP contribution >= 0.6 is 0 Å². The number of carbonyl (C=O) groups is 1. The predicted octanol–water partition coefficient (Wildman–Crippen LogP) is 2.63. The molecule has 0 aromatic carbocycles. The van der Waals surface area contributed by atoms with E-state index in [1.54, 1.807) is 0 Å². The summed E-state index contributed by atoms with van der Waals surface area (Å²) in [5.74, 6) is -3.36. The molecule has 2 N–H and O–H groups in total. The van der Waals surface area contributed by atoms with Crippen molar-refractivity contribution in [1.82, 2.24) is 10.2 Å². The van der Waals surface area contributed by atoms with E-state index < -0.39 is 51.9 Å². The number of alkyl halides is 10. The van der Waals surface area contributed by atoms with Gasteiger partial charge in [0.2, 0.25) is 0 Å². The molecule has 0 radical (unpaired) electrons. The van der Waals surface area contributed by atoms with Crippen molar-refractivity contribution in [3.63, 3.8) is 0 Å². The van der Waals surface area contributed by atoms with Gasteiger partial charge in [0.05, 0.1) is 5.41 Å². The SMILES string of the molecule is O=C(N/C=C/C=C/S(=O)(=O)O)C(F)(C(F)(F)F)C(F)(F)N(C(F)F)C(F)F. The second kappa shape index (κ2) is 8.42. The molecule has 1 atom stereocenters. The molecular formula is C10H8F10N2O4S. The zero-order valence-electron chi connectivity index (χ0n) is 12.3. The van der Waals surface area contributed by atoms with E-state index in [1.165, 1.54) is 0 Å². The van der Waals surface area contributed by atoms with Gasteiger partial charge in [0.1, 0.15) is 0 Å². The molecule has 0 bridgehead atoms. The highest BCUT2D eigenvalue weighted by atomic mass is 32.2. The van der Waals surface area contributed by atoms with Crippen LogP contribution < -0.4 is 5.32 Å². The number of nitrogens with zero attached hydrogens (tertiary/aromatic N) is 1. The van der Waals surface area contributed by atoms with Crippen LogP contribution in [-0.2, 0) is 14.9 Å². The highest BCUT2D eigenvalue weighted by Crippen LogP contribution is 2.49. The predicted molar refractivity (Wildman–Crippen MR) is 66.7 cm³/mol. The maximum atomic E-state index is 14.0. The molecule has 0 aromatic heterocycles. The van der Waals surface area contributed by atoms with Crippen molar-refractivity contribution in [1.29, 1.82) is 0 Å². The normalized spacial score (nSPS) is 16.7. The van der Waals surface area contributed by atoms with Crippen LogP contribution in [-0.4, -0.2) is 54.8 Å². The average Bonchev–Trinajstić information content (AvgIpc) is 2.41. The molecule has 1 amide bonds. The highest BCUT2D eigenvalue weighted by Gasteiger charge is 2.80. The smallest absolute Gasteiger partial charge is 0.329 e. The van der Waals surface area contributed by atoms with Crippen LogP contribution in [0.15, 0.2) is 23.8 Å². The fourth-order valence-electron chi connectivity index (χ4n) is 1.37. The number of amides is 1. The quantitative estimate of drug-likeness (QED) is 0.261. The summed E-state index contributed by atoms with van der Waals surface area (Å²) >= 11 is 0. The summed E-state index contributed by atoms with van der Waals surface area (Å²) in [5, 5.41) is 0.708. The maximum absolute atomic E-state index is 14.0. The largest absolute Gasteiger partial charge is 0.439 e. The number of halogens is 10. The van der Waals surface area contributed by atoms with E-state index in [4.69, 9.17) is 4.55 Å². The number of nitrogens with one attached hydrogen (secondary N) is 1. The van der Waals surface area contributed by atoms with Gasteiger partial charge >= 0.3 is 31.0 Å². The first kappa shape index (κ1) is 25.1. The van der Waals surface area contributed by atoms with Crippen LogP contribution in [0.4, 0.5) is 43.9 Å². The van der Waals surface area contributed by atoms with E-state index in [2.05, 4.69) is 0 Å². The Balaban J connectivity index is 5.93. The van der Waals surface area contributed by atoms with Gasteiger partial charge in [-0.25, -0.2) is 4.39 Å². The second-order valence-electron chi connectivity index (χ2n) is 4.34. The van der Waals surface area contributed by atoms with E-state index in [-0.39, 0.29) is 11.6 Å². The number of carbonyl (C=O) groups excluding carboxylic acids is 1. The summed E-state index contributed by atoms with van der Waals surface area (Å²) in [6.45, 7) is -9.97. The van der Waals surface area contributed by atoms with Crippen molar-refractivity contribution < 1.29 is 61.7 Å². The van der Waals surface area contributed by atoms with Gasteiger partial charge in [-0.05, 0) is 12.2 Å². The lowest BCUT2D eigenvalue weighted by molar-refractivity contribution is -0.370. The first-order valence-corrected chi connectivity index (χ1v) is 7.49. The van der Waals surface area contributed by atoms with Gasteiger partial charge in [0, 0.05) is 6.20 Å². The molecule has 0 spiro atoms. The number of hydrogen-bond donors (Lipinski definition) is 2. The Kier molecular flexibility index (Phi) is 7.84. The summed E-state index contributed by atoms with van der Waals surface area (Å²) in [6.07, 6.45) is -6.37. The molecule has 0 aliphatic carbocycles. The van der Waals surface area contributed by atoms with Crippen molar-refractivity contribution in [2.24, 2.45) is 0 Å². The van der Waals surface area contributed by atoms with Crippen molar-refractivity contribution in [2.45, 2.75) is 31.0 Å².